The van der Waals surface area contributed by atoms with Crippen LogP contribution in [0, 0.1) is 0 Å². The number of ether oxygens (including phenoxy) is 2. The van der Waals surface area contributed by atoms with Gasteiger partial charge in [-0.15, -0.1) is 0 Å². The lowest BCUT2D eigenvalue weighted by Crippen LogP contribution is -2.12. The summed E-state index contributed by atoms with van der Waals surface area (Å²) in [6.45, 7) is 5.34. The van der Waals surface area contributed by atoms with Crippen LogP contribution in [0.15, 0.2) is 35.1 Å². The minimum Gasteiger partial charge on any atom is -0.494 e. The van der Waals surface area contributed by atoms with Crippen LogP contribution >= 0.6 is 0 Å². The normalized spacial score (nSPS) is 10.5. The average Bonchev–Trinajstić information content (AvgIpc) is 2.46. The van der Waals surface area contributed by atoms with Crippen LogP contribution in [0.2, 0.25) is 0 Å². The first-order valence-corrected chi connectivity index (χ1v) is 6.64. The van der Waals surface area contributed by atoms with Gasteiger partial charge in [0.05, 0.1) is 12.3 Å². The summed E-state index contributed by atoms with van der Waals surface area (Å²) in [5, 5.41) is 0. The van der Waals surface area contributed by atoms with Crippen molar-refractivity contribution >= 4 is 0 Å². The van der Waals surface area contributed by atoms with Crippen LogP contribution in [0.1, 0.15) is 19.7 Å². The first-order chi connectivity index (χ1) is 9.72. The van der Waals surface area contributed by atoms with Crippen LogP contribution < -0.4 is 10.3 Å². The molecule has 5 heteroatoms. The van der Waals surface area contributed by atoms with Gasteiger partial charge >= 0.3 is 0 Å². The van der Waals surface area contributed by atoms with Crippen molar-refractivity contribution in [2.45, 2.75) is 20.5 Å². The van der Waals surface area contributed by atoms with E-state index in [0.29, 0.717) is 31.3 Å². The predicted molar refractivity (Wildman–Crippen MR) is 76.8 cm³/mol. The zero-order valence-corrected chi connectivity index (χ0v) is 11.7. The van der Waals surface area contributed by atoms with E-state index in [2.05, 4.69) is 9.97 Å². The molecule has 0 amide bonds. The van der Waals surface area contributed by atoms with Crippen LogP contribution in [-0.4, -0.2) is 23.2 Å². The summed E-state index contributed by atoms with van der Waals surface area (Å²) < 4.78 is 10.7. The van der Waals surface area contributed by atoms with E-state index in [9.17, 15) is 4.79 Å². The third-order valence-electron chi connectivity index (χ3n) is 2.69. The number of nitrogens with one attached hydrogen (secondary N) is 1. The van der Waals surface area contributed by atoms with Gasteiger partial charge in [0.2, 0.25) is 0 Å². The number of H-pyrrole nitrogens is 1. The smallest absolute Gasteiger partial charge is 0.251 e. The molecule has 0 fully saturated rings. The Balaban J connectivity index is 2.27. The Kier molecular flexibility index (Phi) is 4.90. The Labute approximate surface area is 117 Å². The highest BCUT2D eigenvalue weighted by Crippen LogP contribution is 2.19. The topological polar surface area (TPSA) is 64.2 Å². The lowest BCUT2D eigenvalue weighted by atomic mass is 10.1. The Morgan fingerprint density at radius 2 is 1.90 bits per heavy atom. The quantitative estimate of drug-likeness (QED) is 0.878. The summed E-state index contributed by atoms with van der Waals surface area (Å²) in [7, 11) is 0. The molecule has 1 heterocycles. The van der Waals surface area contributed by atoms with Gasteiger partial charge in [-0.05, 0) is 38.1 Å². The molecule has 0 spiro atoms. The Morgan fingerprint density at radius 3 is 2.55 bits per heavy atom. The van der Waals surface area contributed by atoms with E-state index in [1.54, 1.807) is 0 Å². The molecule has 0 saturated heterocycles. The Morgan fingerprint density at radius 1 is 1.15 bits per heavy atom. The van der Waals surface area contributed by atoms with E-state index in [4.69, 9.17) is 9.47 Å². The molecule has 1 aromatic heterocycles. The fourth-order valence-corrected chi connectivity index (χ4v) is 1.81. The predicted octanol–water partition coefficient (Wildman–Crippen LogP) is 2.37. The van der Waals surface area contributed by atoms with Crippen molar-refractivity contribution in [3.63, 3.8) is 0 Å². The lowest BCUT2D eigenvalue weighted by molar-refractivity contribution is 0.128. The average molecular weight is 274 g/mol. The van der Waals surface area contributed by atoms with Crippen LogP contribution in [-0.2, 0) is 11.3 Å². The highest BCUT2D eigenvalue weighted by atomic mass is 16.5. The molecule has 0 saturated carbocycles. The Hall–Kier alpha value is -2.14. The van der Waals surface area contributed by atoms with Gasteiger partial charge in [-0.1, -0.05) is 0 Å². The minimum atomic E-state index is -0.182. The maximum absolute atomic E-state index is 11.6. The Bertz CT molecular complexity index is 605. The van der Waals surface area contributed by atoms with Gasteiger partial charge in [0.1, 0.15) is 18.2 Å². The van der Waals surface area contributed by atoms with Crippen LogP contribution in [0.5, 0.6) is 5.75 Å². The van der Waals surface area contributed by atoms with Crippen LogP contribution in [0.25, 0.3) is 11.3 Å². The number of aromatic amines is 1. The van der Waals surface area contributed by atoms with Crippen molar-refractivity contribution in [1.82, 2.24) is 9.97 Å². The molecule has 0 radical (unpaired) electrons. The van der Waals surface area contributed by atoms with Crippen molar-refractivity contribution < 1.29 is 9.47 Å². The first kappa shape index (κ1) is 14.3. The van der Waals surface area contributed by atoms with Crippen molar-refractivity contribution in [2.75, 3.05) is 13.2 Å². The molecule has 0 aliphatic heterocycles. The number of aromatic nitrogens is 2. The molecule has 1 aromatic carbocycles. The summed E-state index contributed by atoms with van der Waals surface area (Å²) in [5.74, 6) is 1.33. The zero-order chi connectivity index (χ0) is 14.4. The summed E-state index contributed by atoms with van der Waals surface area (Å²) in [5.41, 5.74) is 1.32. The lowest BCUT2D eigenvalue weighted by Gasteiger charge is -2.06. The van der Waals surface area contributed by atoms with E-state index in [1.165, 1.54) is 6.07 Å². The van der Waals surface area contributed by atoms with Crippen molar-refractivity contribution in [3.8, 4) is 17.0 Å². The summed E-state index contributed by atoms with van der Waals surface area (Å²) in [6, 6.07) is 8.98. The van der Waals surface area contributed by atoms with Crippen molar-refractivity contribution in [1.29, 1.82) is 0 Å². The summed E-state index contributed by atoms with van der Waals surface area (Å²) >= 11 is 0. The third-order valence-corrected chi connectivity index (χ3v) is 2.69. The molecule has 20 heavy (non-hydrogen) atoms. The zero-order valence-electron chi connectivity index (χ0n) is 11.7. The van der Waals surface area contributed by atoms with Gasteiger partial charge in [-0.2, -0.15) is 0 Å². The van der Waals surface area contributed by atoms with Gasteiger partial charge < -0.3 is 14.5 Å². The molecule has 0 aliphatic rings. The highest BCUT2D eigenvalue weighted by Gasteiger charge is 2.04. The first-order valence-electron chi connectivity index (χ1n) is 6.64. The molecule has 0 aliphatic carbocycles. The second-order valence-corrected chi connectivity index (χ2v) is 4.17. The molecule has 5 nitrogen and oxygen atoms in total. The van der Waals surface area contributed by atoms with Gasteiger partial charge in [0.15, 0.2) is 0 Å². The van der Waals surface area contributed by atoms with Crippen molar-refractivity contribution in [2.24, 2.45) is 0 Å². The van der Waals surface area contributed by atoms with E-state index in [-0.39, 0.29) is 5.56 Å². The minimum absolute atomic E-state index is 0.182. The molecule has 2 rings (SSSR count). The number of nitrogens with zero attached hydrogens (tertiary/aromatic N) is 1. The van der Waals surface area contributed by atoms with Gasteiger partial charge in [0.25, 0.3) is 5.56 Å². The fraction of sp³-hybridized carbons (Fsp3) is 0.333. The SMILES string of the molecule is CCOCc1nc(-c2ccc(OCC)cc2)cc(=O)[nH]1. The van der Waals surface area contributed by atoms with Crippen LogP contribution in [0.4, 0.5) is 0 Å². The van der Waals surface area contributed by atoms with Gasteiger partial charge in [-0.25, -0.2) is 4.98 Å². The monoisotopic (exact) mass is 274 g/mol. The summed E-state index contributed by atoms with van der Waals surface area (Å²) in [6.07, 6.45) is 0. The number of rotatable bonds is 6. The van der Waals surface area contributed by atoms with Gasteiger partial charge in [-0.3, -0.25) is 4.79 Å². The second kappa shape index (κ2) is 6.86. The maximum atomic E-state index is 11.6. The number of benzene rings is 1. The number of hydrogen-bond acceptors (Lipinski definition) is 4. The number of hydrogen-bond donors (Lipinski definition) is 1. The van der Waals surface area contributed by atoms with Crippen LogP contribution in [0.3, 0.4) is 0 Å². The maximum Gasteiger partial charge on any atom is 0.251 e. The van der Waals surface area contributed by atoms with E-state index >= 15 is 0 Å². The molecule has 2 aromatic rings. The van der Waals surface area contributed by atoms with E-state index < -0.39 is 0 Å². The van der Waals surface area contributed by atoms with E-state index in [1.807, 2.05) is 38.1 Å². The second-order valence-electron chi connectivity index (χ2n) is 4.17. The fourth-order valence-electron chi connectivity index (χ4n) is 1.81. The molecule has 1 N–H and O–H groups in total. The molecule has 0 bridgehead atoms. The van der Waals surface area contributed by atoms with Crippen molar-refractivity contribution in [3.05, 3.63) is 46.5 Å². The standard InChI is InChI=1S/C15H18N2O3/c1-3-19-10-14-16-13(9-15(18)17-14)11-5-7-12(8-6-11)20-4-2/h5-9H,3-4,10H2,1-2H3,(H,16,17,18). The molecule has 106 valence electrons. The largest absolute Gasteiger partial charge is 0.494 e. The molecular formula is C15H18N2O3. The highest BCUT2D eigenvalue weighted by molar-refractivity contribution is 5.59. The molecule has 0 unspecified atom stereocenters. The molecular weight excluding hydrogens is 256 g/mol. The third kappa shape index (κ3) is 3.68. The van der Waals surface area contributed by atoms with Gasteiger partial charge in [0, 0.05) is 18.2 Å². The molecule has 0 atom stereocenters. The van der Waals surface area contributed by atoms with E-state index in [0.717, 1.165) is 11.3 Å². The summed E-state index contributed by atoms with van der Waals surface area (Å²) in [4.78, 5) is 18.7.